The summed E-state index contributed by atoms with van der Waals surface area (Å²) < 4.78 is 35.7. The molecule has 1 amide bonds. The van der Waals surface area contributed by atoms with Crippen molar-refractivity contribution in [3.8, 4) is 0 Å². The van der Waals surface area contributed by atoms with E-state index in [1.54, 1.807) is 0 Å². The van der Waals surface area contributed by atoms with E-state index in [2.05, 4.69) is 15.5 Å². The van der Waals surface area contributed by atoms with Crippen molar-refractivity contribution >= 4 is 11.6 Å². The smallest absolute Gasteiger partial charge is 0.390 e. The Balaban J connectivity index is 2.63. The number of rotatable bonds is 4. The lowest BCUT2D eigenvalue weighted by Crippen LogP contribution is -2.28. The third kappa shape index (κ3) is 3.64. The molecule has 4 N–H and O–H groups in total. The molecular weight excluding hydrogens is 249 g/mol. The molecule has 1 aromatic rings. The molecule has 102 valence electrons. The number of aromatic amines is 1. The lowest BCUT2D eigenvalue weighted by atomic mass is 10.1. The molecule has 1 rings (SSSR count). The number of nitrogens with one attached hydrogen (secondary N) is 2. The molecule has 0 atom stereocenters. The molecule has 0 saturated heterocycles. The molecule has 0 bridgehead atoms. The second kappa shape index (κ2) is 5.28. The van der Waals surface area contributed by atoms with Crippen molar-refractivity contribution in [2.75, 3.05) is 12.3 Å². The summed E-state index contributed by atoms with van der Waals surface area (Å²) in [7, 11) is 0. The fourth-order valence-electron chi connectivity index (χ4n) is 1.38. The van der Waals surface area contributed by atoms with Crippen LogP contribution in [0.25, 0.3) is 0 Å². The van der Waals surface area contributed by atoms with Crippen LogP contribution in [-0.2, 0) is 0 Å². The zero-order chi connectivity index (χ0) is 13.9. The molecule has 8 heteroatoms. The van der Waals surface area contributed by atoms with Gasteiger partial charge in [-0.3, -0.25) is 9.89 Å². The number of hydrogen-bond acceptors (Lipinski definition) is 3. The van der Waals surface area contributed by atoms with Gasteiger partial charge in [0, 0.05) is 6.54 Å². The molecule has 0 aromatic carbocycles. The van der Waals surface area contributed by atoms with Crippen LogP contribution in [0.4, 0.5) is 18.9 Å². The predicted molar refractivity (Wildman–Crippen MR) is 60.1 cm³/mol. The number of aromatic nitrogens is 2. The van der Waals surface area contributed by atoms with Crippen LogP contribution in [0.5, 0.6) is 0 Å². The van der Waals surface area contributed by atoms with Crippen molar-refractivity contribution in [1.82, 2.24) is 15.5 Å². The predicted octanol–water partition coefficient (Wildman–Crippen LogP) is 1.80. The fourth-order valence-corrected chi connectivity index (χ4v) is 1.38. The maximum Gasteiger partial charge on any atom is 0.390 e. The Morgan fingerprint density at radius 3 is 2.56 bits per heavy atom. The Labute approximate surface area is 102 Å². The van der Waals surface area contributed by atoms with E-state index < -0.39 is 25.0 Å². The van der Waals surface area contributed by atoms with Crippen LogP contribution in [0.1, 0.15) is 42.4 Å². The van der Waals surface area contributed by atoms with E-state index in [1.165, 1.54) is 0 Å². The lowest BCUT2D eigenvalue weighted by molar-refractivity contribution is -0.132. The Kier molecular flexibility index (Phi) is 4.20. The van der Waals surface area contributed by atoms with Crippen LogP contribution in [-0.4, -0.2) is 28.8 Å². The second-order valence-corrected chi connectivity index (χ2v) is 4.18. The van der Waals surface area contributed by atoms with Crippen molar-refractivity contribution in [3.05, 3.63) is 11.4 Å². The normalized spacial score (nSPS) is 11.9. The van der Waals surface area contributed by atoms with Gasteiger partial charge in [-0.2, -0.15) is 18.3 Å². The standard InChI is InChI=1S/C10H15F3N4O/c1-5(2)7-6(14)8(17-16-7)9(18)15-4-3-10(11,12)13/h5H,3-4,14H2,1-2H3,(H,15,18)(H,16,17). The monoisotopic (exact) mass is 264 g/mol. The van der Waals surface area contributed by atoms with Gasteiger partial charge in [0.05, 0.1) is 17.8 Å². The lowest BCUT2D eigenvalue weighted by Gasteiger charge is -2.07. The molecule has 0 aliphatic heterocycles. The van der Waals surface area contributed by atoms with Gasteiger partial charge >= 0.3 is 6.18 Å². The zero-order valence-electron chi connectivity index (χ0n) is 10.1. The molecule has 0 spiro atoms. The fraction of sp³-hybridized carbons (Fsp3) is 0.600. The Morgan fingerprint density at radius 1 is 1.50 bits per heavy atom. The first-order valence-corrected chi connectivity index (χ1v) is 5.41. The van der Waals surface area contributed by atoms with Crippen LogP contribution >= 0.6 is 0 Å². The number of anilines is 1. The third-order valence-electron chi connectivity index (χ3n) is 2.32. The minimum atomic E-state index is -4.30. The summed E-state index contributed by atoms with van der Waals surface area (Å²) in [6, 6.07) is 0. The molecule has 5 nitrogen and oxygen atoms in total. The highest BCUT2D eigenvalue weighted by Crippen LogP contribution is 2.22. The van der Waals surface area contributed by atoms with E-state index in [-0.39, 0.29) is 17.3 Å². The van der Waals surface area contributed by atoms with Crippen molar-refractivity contribution in [1.29, 1.82) is 0 Å². The van der Waals surface area contributed by atoms with Crippen LogP contribution in [0.3, 0.4) is 0 Å². The number of nitrogens with two attached hydrogens (primary N) is 1. The van der Waals surface area contributed by atoms with Crippen LogP contribution < -0.4 is 11.1 Å². The molecule has 0 saturated carbocycles. The summed E-state index contributed by atoms with van der Waals surface area (Å²) in [4.78, 5) is 11.5. The average Bonchev–Trinajstić information content (AvgIpc) is 2.57. The molecular formula is C10H15F3N4O. The van der Waals surface area contributed by atoms with Gasteiger partial charge in [0.1, 0.15) is 0 Å². The molecule has 0 aliphatic rings. The molecule has 0 unspecified atom stereocenters. The van der Waals surface area contributed by atoms with Gasteiger partial charge in [0.15, 0.2) is 5.69 Å². The van der Waals surface area contributed by atoms with Gasteiger partial charge in [0.2, 0.25) is 0 Å². The first-order valence-electron chi connectivity index (χ1n) is 5.41. The number of alkyl halides is 3. The summed E-state index contributed by atoms with van der Waals surface area (Å²) in [6.45, 7) is 3.22. The van der Waals surface area contributed by atoms with Crippen molar-refractivity contribution in [2.45, 2.75) is 32.4 Å². The van der Waals surface area contributed by atoms with Crippen molar-refractivity contribution in [2.24, 2.45) is 0 Å². The van der Waals surface area contributed by atoms with Gasteiger partial charge < -0.3 is 11.1 Å². The highest BCUT2D eigenvalue weighted by atomic mass is 19.4. The molecule has 18 heavy (non-hydrogen) atoms. The first-order chi connectivity index (χ1) is 8.22. The number of carbonyl (C=O) groups excluding carboxylic acids is 1. The van der Waals surface area contributed by atoms with E-state index in [0.717, 1.165) is 0 Å². The number of H-pyrrole nitrogens is 1. The van der Waals surface area contributed by atoms with E-state index >= 15 is 0 Å². The van der Waals surface area contributed by atoms with Gasteiger partial charge in [-0.25, -0.2) is 0 Å². The topological polar surface area (TPSA) is 83.8 Å². The third-order valence-corrected chi connectivity index (χ3v) is 2.32. The van der Waals surface area contributed by atoms with E-state index in [9.17, 15) is 18.0 Å². The molecule has 0 radical (unpaired) electrons. The van der Waals surface area contributed by atoms with Gasteiger partial charge in [0.25, 0.3) is 5.91 Å². The van der Waals surface area contributed by atoms with Gasteiger partial charge in [-0.05, 0) is 5.92 Å². The largest absolute Gasteiger partial charge is 0.395 e. The number of nitrogens with zero attached hydrogens (tertiary/aromatic N) is 1. The van der Waals surface area contributed by atoms with Crippen LogP contribution in [0, 0.1) is 0 Å². The Morgan fingerprint density at radius 2 is 2.11 bits per heavy atom. The van der Waals surface area contributed by atoms with E-state index in [0.29, 0.717) is 5.69 Å². The number of hydrogen-bond donors (Lipinski definition) is 3. The minimum Gasteiger partial charge on any atom is -0.395 e. The van der Waals surface area contributed by atoms with E-state index in [1.807, 2.05) is 13.8 Å². The summed E-state index contributed by atoms with van der Waals surface area (Å²) in [6.07, 6.45) is -5.38. The maximum atomic E-state index is 11.9. The van der Waals surface area contributed by atoms with Crippen LogP contribution in [0.15, 0.2) is 0 Å². The van der Waals surface area contributed by atoms with Gasteiger partial charge in [-0.1, -0.05) is 13.8 Å². The van der Waals surface area contributed by atoms with Crippen LogP contribution in [0.2, 0.25) is 0 Å². The molecule has 1 aromatic heterocycles. The number of carbonyl (C=O) groups is 1. The summed E-state index contributed by atoms with van der Waals surface area (Å²) >= 11 is 0. The zero-order valence-corrected chi connectivity index (χ0v) is 10.1. The van der Waals surface area contributed by atoms with Crippen molar-refractivity contribution < 1.29 is 18.0 Å². The molecule has 0 fully saturated rings. The summed E-state index contributed by atoms with van der Waals surface area (Å²) in [5.41, 5.74) is 6.39. The Hall–Kier alpha value is -1.73. The highest BCUT2D eigenvalue weighted by Gasteiger charge is 2.27. The SMILES string of the molecule is CC(C)c1[nH]nc(C(=O)NCCC(F)(F)F)c1N. The average molecular weight is 264 g/mol. The van der Waals surface area contributed by atoms with E-state index in [4.69, 9.17) is 5.73 Å². The number of amides is 1. The first kappa shape index (κ1) is 14.3. The molecule has 0 aliphatic carbocycles. The maximum absolute atomic E-state index is 11.9. The summed E-state index contributed by atoms with van der Waals surface area (Å²) in [5, 5.41) is 8.44. The second-order valence-electron chi connectivity index (χ2n) is 4.18. The minimum absolute atomic E-state index is 0.0502. The quantitative estimate of drug-likeness (QED) is 0.775. The highest BCUT2D eigenvalue weighted by molar-refractivity contribution is 5.97. The number of halogens is 3. The Bertz CT molecular complexity index is 425. The summed E-state index contributed by atoms with van der Waals surface area (Å²) in [5.74, 6) is -0.658. The molecule has 1 heterocycles. The number of nitrogen functional groups attached to an aromatic ring is 1. The van der Waals surface area contributed by atoms with Crippen molar-refractivity contribution in [3.63, 3.8) is 0 Å². The van der Waals surface area contributed by atoms with Gasteiger partial charge in [-0.15, -0.1) is 0 Å².